The fraction of sp³-hybridized carbons (Fsp3) is 0.455. The van der Waals surface area contributed by atoms with Crippen LogP contribution in [0, 0.1) is 0 Å². The average molecular weight is 562 g/mol. The second-order valence-electron chi connectivity index (χ2n) is 8.44. The molecule has 0 aromatic heterocycles. The van der Waals surface area contributed by atoms with E-state index in [1.807, 2.05) is 0 Å². The van der Waals surface area contributed by atoms with E-state index in [4.69, 9.17) is 0 Å². The number of aliphatic hydroxyl groups is 4. The molecular weight excluding hydrogens is 530 g/mol. The highest BCUT2D eigenvalue weighted by molar-refractivity contribution is 7.51. The molecule has 8 N–H and O–H groups in total. The van der Waals surface area contributed by atoms with Crippen molar-refractivity contribution in [3.63, 3.8) is 0 Å². The Morgan fingerprint density at radius 3 is 1.51 bits per heavy atom. The van der Waals surface area contributed by atoms with Gasteiger partial charge in [-0.1, -0.05) is 36.4 Å². The lowest BCUT2D eigenvalue weighted by molar-refractivity contribution is 0.0177. The van der Waals surface area contributed by atoms with Crippen LogP contribution in [0.25, 0.3) is 0 Å². The summed E-state index contributed by atoms with van der Waals surface area (Å²) in [5.41, 5.74) is 0.737. The maximum atomic E-state index is 12.0. The predicted molar refractivity (Wildman–Crippen MR) is 131 cm³/mol. The van der Waals surface area contributed by atoms with Gasteiger partial charge in [0.1, 0.15) is 24.1 Å². The van der Waals surface area contributed by atoms with Gasteiger partial charge in [-0.05, 0) is 0 Å². The molecule has 0 saturated carbocycles. The molecule has 0 saturated heterocycles. The molecule has 2 aromatic rings. The molecule has 2 aromatic carbocycles. The normalized spacial score (nSPS) is 13.7. The Hall–Kier alpha value is -2.15. The first-order chi connectivity index (χ1) is 17.4. The van der Waals surface area contributed by atoms with E-state index in [2.05, 4.69) is 0 Å². The number of aliphatic hydroxyl groups excluding tert-OH is 4. The number of para-hydroxylation sites is 2. The summed E-state index contributed by atoms with van der Waals surface area (Å²) in [6.07, 6.45) is -1.53. The topological polar surface area (TPSA) is 220 Å². The fourth-order valence-electron chi connectivity index (χ4n) is 4.13. The summed E-state index contributed by atoms with van der Waals surface area (Å²) in [5, 5.41) is 60.3. The van der Waals surface area contributed by atoms with E-state index in [1.165, 1.54) is 41.3 Å². The maximum absolute atomic E-state index is 12.0. The monoisotopic (exact) mass is 562 g/mol. The Kier molecular flexibility index (Phi) is 11.9. The van der Waals surface area contributed by atoms with Crippen LogP contribution in [0.5, 0.6) is 11.5 Å². The molecule has 206 valence electrons. The largest absolute Gasteiger partial charge is 0.507 e. The van der Waals surface area contributed by atoms with Crippen molar-refractivity contribution in [1.82, 2.24) is 9.80 Å². The van der Waals surface area contributed by atoms with Gasteiger partial charge in [0.2, 0.25) is 0 Å². The molecule has 0 aliphatic heterocycles. The lowest BCUT2D eigenvalue weighted by Crippen LogP contribution is -2.55. The maximum Gasteiger partial charge on any atom is 0.339 e. The number of aromatic hydroxyl groups is 2. The standard InChI is InChI=1S/C22H32N2O11P2/c25-9-17-5-1-3-15(21(17)29)7-23(13-36(31)32)19(11-27)20(12-28)24(14-37(33,34)35)8-16-4-2-6-18(10-26)22(16)30/h1-6,19-20,25-30H,7-14H2,(H2,33,34,35). The van der Waals surface area contributed by atoms with Crippen molar-refractivity contribution >= 4 is 15.3 Å². The molecule has 0 amide bonds. The molecule has 0 radical (unpaired) electrons. The molecular formula is C22H32N2O11P2. The Morgan fingerprint density at radius 1 is 0.730 bits per heavy atom. The van der Waals surface area contributed by atoms with Gasteiger partial charge >= 0.3 is 15.3 Å². The van der Waals surface area contributed by atoms with Crippen molar-refractivity contribution < 1.29 is 54.1 Å². The van der Waals surface area contributed by atoms with E-state index < -0.39 is 66.4 Å². The second-order valence-corrected chi connectivity index (χ2v) is 11.0. The summed E-state index contributed by atoms with van der Waals surface area (Å²) in [6.45, 7) is -3.06. The van der Waals surface area contributed by atoms with Crippen molar-refractivity contribution in [3.05, 3.63) is 58.7 Å². The first-order valence-corrected chi connectivity index (χ1v) is 14.3. The smallest absolute Gasteiger partial charge is 0.339 e. The molecule has 0 aliphatic carbocycles. The lowest BCUT2D eigenvalue weighted by atomic mass is 10.0. The molecule has 0 fully saturated rings. The van der Waals surface area contributed by atoms with E-state index in [1.54, 1.807) is 0 Å². The van der Waals surface area contributed by atoms with Crippen LogP contribution in [-0.4, -0.2) is 88.1 Å². The zero-order valence-electron chi connectivity index (χ0n) is 19.9. The van der Waals surface area contributed by atoms with E-state index in [0.29, 0.717) is 0 Å². The molecule has 0 heterocycles. The van der Waals surface area contributed by atoms with E-state index >= 15 is 0 Å². The van der Waals surface area contributed by atoms with Gasteiger partial charge in [0.05, 0.1) is 38.5 Å². The van der Waals surface area contributed by atoms with Gasteiger partial charge in [-0.15, -0.1) is 0 Å². The van der Waals surface area contributed by atoms with Gasteiger partial charge < -0.3 is 40.4 Å². The summed E-state index contributed by atoms with van der Waals surface area (Å²) >= 11 is 0. The number of rotatable bonds is 15. The minimum absolute atomic E-state index is 0.164. The van der Waals surface area contributed by atoms with Crippen molar-refractivity contribution in [2.75, 3.05) is 25.8 Å². The van der Waals surface area contributed by atoms with Crippen LogP contribution in [0.15, 0.2) is 36.4 Å². The van der Waals surface area contributed by atoms with Crippen molar-refractivity contribution in [3.8, 4) is 11.5 Å². The average Bonchev–Trinajstić information content (AvgIpc) is 2.83. The van der Waals surface area contributed by atoms with Gasteiger partial charge in [0.15, 0.2) is 0 Å². The zero-order chi connectivity index (χ0) is 27.8. The molecule has 2 rings (SSSR count). The zero-order valence-corrected chi connectivity index (χ0v) is 21.7. The van der Waals surface area contributed by atoms with Crippen LogP contribution < -0.4 is 0 Å². The molecule has 37 heavy (non-hydrogen) atoms. The number of hydrogen-bond donors (Lipinski definition) is 8. The molecule has 15 heteroatoms. The molecule has 13 nitrogen and oxygen atoms in total. The number of phenols is 2. The molecule has 0 aliphatic rings. The first-order valence-electron chi connectivity index (χ1n) is 11.1. The SMILES string of the molecule is O=P(=O)CN(Cc1cccc(CO)c1O)C(CO)C(CO)N(Cc1cccc(CO)c1O)CP(=O)(O)O. The highest BCUT2D eigenvalue weighted by Gasteiger charge is 2.36. The lowest BCUT2D eigenvalue weighted by Gasteiger charge is -2.40. The predicted octanol–water partition coefficient (Wildman–Crippen LogP) is 0.374. The Morgan fingerprint density at radius 2 is 1.14 bits per heavy atom. The molecule has 2 unspecified atom stereocenters. The Balaban J connectivity index is 2.52. The van der Waals surface area contributed by atoms with Crippen molar-refractivity contribution in [2.45, 2.75) is 38.4 Å². The Bertz CT molecular complexity index is 1150. The third-order valence-electron chi connectivity index (χ3n) is 5.91. The van der Waals surface area contributed by atoms with Crippen LogP contribution in [-0.2, 0) is 40.0 Å². The second kappa shape index (κ2) is 14.1. The van der Waals surface area contributed by atoms with E-state index in [0.717, 1.165) is 4.90 Å². The van der Waals surface area contributed by atoms with Crippen molar-refractivity contribution in [1.29, 1.82) is 0 Å². The minimum Gasteiger partial charge on any atom is -0.507 e. The summed E-state index contributed by atoms with van der Waals surface area (Å²) < 4.78 is 35.4. The number of hydrogen-bond acceptors (Lipinski definition) is 11. The number of benzene rings is 2. The van der Waals surface area contributed by atoms with Gasteiger partial charge in [-0.2, -0.15) is 0 Å². The highest BCUT2D eigenvalue weighted by Crippen LogP contribution is 2.38. The highest BCUT2D eigenvalue weighted by atomic mass is 31.2. The van der Waals surface area contributed by atoms with Crippen LogP contribution in [0.4, 0.5) is 0 Å². The summed E-state index contributed by atoms with van der Waals surface area (Å²) in [6, 6.07) is 6.45. The molecule has 0 bridgehead atoms. The van der Waals surface area contributed by atoms with Gasteiger partial charge in [-0.3, -0.25) is 14.4 Å². The van der Waals surface area contributed by atoms with E-state index in [-0.39, 0.29) is 46.8 Å². The van der Waals surface area contributed by atoms with E-state index in [9.17, 15) is 54.1 Å². The van der Waals surface area contributed by atoms with Crippen LogP contribution in [0.2, 0.25) is 0 Å². The Labute approximate surface area is 213 Å². The number of nitrogens with zero attached hydrogens (tertiary/aromatic N) is 2. The minimum atomic E-state index is -4.76. The van der Waals surface area contributed by atoms with Crippen LogP contribution in [0.1, 0.15) is 22.3 Å². The first kappa shape index (κ1) is 31.1. The molecule has 0 spiro atoms. The molecule has 2 atom stereocenters. The van der Waals surface area contributed by atoms with Crippen LogP contribution in [0.3, 0.4) is 0 Å². The summed E-state index contributed by atoms with van der Waals surface area (Å²) in [7, 11) is -7.82. The van der Waals surface area contributed by atoms with Gasteiger partial charge in [0, 0.05) is 35.3 Å². The third-order valence-corrected chi connectivity index (χ3v) is 7.24. The summed E-state index contributed by atoms with van der Waals surface area (Å²) in [4.78, 5) is 21.7. The van der Waals surface area contributed by atoms with Gasteiger partial charge in [-0.25, -0.2) is 9.13 Å². The quantitative estimate of drug-likeness (QED) is 0.138. The summed E-state index contributed by atoms with van der Waals surface area (Å²) in [5.74, 6) is -0.602. The van der Waals surface area contributed by atoms with Crippen molar-refractivity contribution in [2.24, 2.45) is 0 Å². The van der Waals surface area contributed by atoms with Crippen LogP contribution >= 0.6 is 15.3 Å². The third kappa shape index (κ3) is 8.69. The van der Waals surface area contributed by atoms with Gasteiger partial charge in [0.25, 0.3) is 0 Å². The fourth-order valence-corrected chi connectivity index (χ4v) is 5.52.